The highest BCUT2D eigenvalue weighted by atomic mass is 35.5. The number of rotatable bonds is 3. The third-order valence-corrected chi connectivity index (χ3v) is 4.24. The Hall–Kier alpha value is -1.34. The van der Waals surface area contributed by atoms with Crippen LogP contribution < -0.4 is 5.84 Å². The Morgan fingerprint density at radius 3 is 2.57 bits per heavy atom. The molecule has 21 heavy (non-hydrogen) atoms. The number of hydrogen-bond acceptors (Lipinski definition) is 6. The van der Waals surface area contributed by atoms with E-state index in [1.165, 1.54) is 16.4 Å². The molecule has 0 amide bonds. The van der Waals surface area contributed by atoms with Crippen LogP contribution in [0.2, 0.25) is 5.15 Å². The molecule has 0 atom stereocenters. The number of nitrogens with zero attached hydrogens (tertiary/aromatic N) is 5. The first-order valence-corrected chi connectivity index (χ1v) is 7.97. The number of nitrogen functional groups attached to an aromatic ring is 1. The van der Waals surface area contributed by atoms with Gasteiger partial charge in [0.25, 0.3) is 0 Å². The minimum absolute atomic E-state index is 0.164. The van der Waals surface area contributed by atoms with Crippen LogP contribution in [0.25, 0.3) is 0 Å². The molecular weight excluding hydrogens is 308 g/mol. The molecule has 1 aliphatic rings. The normalized spacial score (nSPS) is 15.4. The van der Waals surface area contributed by atoms with Crippen molar-refractivity contribution >= 4 is 23.4 Å². The first kappa shape index (κ1) is 14.6. The molecule has 2 heterocycles. The van der Waals surface area contributed by atoms with Crippen molar-refractivity contribution < 1.29 is 0 Å². The lowest BCUT2D eigenvalue weighted by molar-refractivity contribution is 0.523. The summed E-state index contributed by atoms with van der Waals surface area (Å²) >= 11 is 7.42. The predicted molar refractivity (Wildman–Crippen MR) is 82.0 cm³/mol. The second kappa shape index (κ2) is 5.14. The predicted octanol–water partition coefficient (Wildman–Crippen LogP) is 2.76. The summed E-state index contributed by atoms with van der Waals surface area (Å²) < 4.78 is 1.51. The lowest BCUT2D eigenvalue weighted by Crippen LogP contribution is -2.24. The Morgan fingerprint density at radius 2 is 2.00 bits per heavy atom. The fraction of sp³-hybridized carbons (Fsp3) is 0.538. The zero-order chi connectivity index (χ0) is 15.2. The maximum absolute atomic E-state index is 6.08. The number of nitrogens with two attached hydrogens (primary N) is 1. The molecule has 2 N–H and O–H groups in total. The molecule has 0 aliphatic heterocycles. The molecule has 0 aromatic carbocycles. The van der Waals surface area contributed by atoms with Gasteiger partial charge in [-0.25, -0.2) is 14.6 Å². The summed E-state index contributed by atoms with van der Waals surface area (Å²) in [5.74, 6) is 8.07. The summed E-state index contributed by atoms with van der Waals surface area (Å²) in [5.41, 5.74) is -0.164. The first-order valence-electron chi connectivity index (χ1n) is 6.78. The molecular formula is C13H17ClN6S. The second-order valence-corrected chi connectivity index (χ2v) is 7.56. The van der Waals surface area contributed by atoms with E-state index in [-0.39, 0.29) is 5.41 Å². The molecule has 8 heteroatoms. The highest BCUT2D eigenvalue weighted by Gasteiger charge is 2.28. The van der Waals surface area contributed by atoms with Gasteiger partial charge < -0.3 is 5.84 Å². The number of aromatic nitrogens is 5. The van der Waals surface area contributed by atoms with Crippen molar-refractivity contribution in [2.45, 2.75) is 55.1 Å². The van der Waals surface area contributed by atoms with Gasteiger partial charge in [0.05, 0.1) is 0 Å². The van der Waals surface area contributed by atoms with Gasteiger partial charge in [-0.1, -0.05) is 32.4 Å². The quantitative estimate of drug-likeness (QED) is 0.690. The van der Waals surface area contributed by atoms with Crippen molar-refractivity contribution in [1.29, 1.82) is 0 Å². The Kier molecular flexibility index (Phi) is 3.57. The van der Waals surface area contributed by atoms with Gasteiger partial charge in [-0.3, -0.25) is 0 Å². The van der Waals surface area contributed by atoms with Crippen LogP contribution in [-0.4, -0.2) is 24.8 Å². The zero-order valence-corrected chi connectivity index (χ0v) is 13.7. The second-order valence-electron chi connectivity index (χ2n) is 6.19. The topological polar surface area (TPSA) is 82.5 Å². The highest BCUT2D eigenvalue weighted by molar-refractivity contribution is 7.99. The Labute approximate surface area is 132 Å². The summed E-state index contributed by atoms with van der Waals surface area (Å²) in [6, 6.07) is 1.73. The van der Waals surface area contributed by atoms with Crippen LogP contribution in [0.4, 0.5) is 0 Å². The Morgan fingerprint density at radius 1 is 1.29 bits per heavy atom. The van der Waals surface area contributed by atoms with Crippen molar-refractivity contribution in [3.63, 3.8) is 0 Å². The van der Waals surface area contributed by atoms with Crippen LogP contribution in [0.15, 0.2) is 16.2 Å². The lowest BCUT2D eigenvalue weighted by atomic mass is 9.96. The molecule has 0 radical (unpaired) electrons. The Bertz CT molecular complexity index is 674. The van der Waals surface area contributed by atoms with E-state index in [2.05, 4.69) is 20.2 Å². The lowest BCUT2D eigenvalue weighted by Gasteiger charge is -2.16. The van der Waals surface area contributed by atoms with E-state index in [1.807, 2.05) is 20.8 Å². The molecule has 0 bridgehead atoms. The van der Waals surface area contributed by atoms with Gasteiger partial charge in [-0.2, -0.15) is 0 Å². The van der Waals surface area contributed by atoms with Gasteiger partial charge in [0, 0.05) is 17.4 Å². The molecule has 0 spiro atoms. The molecule has 3 rings (SSSR count). The minimum atomic E-state index is -0.164. The van der Waals surface area contributed by atoms with E-state index < -0.39 is 0 Å². The molecule has 1 aliphatic carbocycles. The number of halogens is 1. The average Bonchev–Trinajstić information content (AvgIpc) is 3.14. The molecule has 2 aromatic rings. The van der Waals surface area contributed by atoms with Crippen molar-refractivity contribution in [3.05, 3.63) is 22.9 Å². The van der Waals surface area contributed by atoms with Gasteiger partial charge in [-0.05, 0) is 24.6 Å². The zero-order valence-electron chi connectivity index (χ0n) is 12.2. The average molecular weight is 325 g/mol. The Balaban J connectivity index is 1.88. The molecule has 112 valence electrons. The van der Waals surface area contributed by atoms with Crippen LogP contribution >= 0.6 is 23.4 Å². The highest BCUT2D eigenvalue weighted by Crippen LogP contribution is 2.39. The fourth-order valence-corrected chi connectivity index (χ4v) is 2.96. The fourth-order valence-electron chi connectivity index (χ4n) is 1.94. The molecule has 0 unspecified atom stereocenters. The molecule has 0 saturated heterocycles. The van der Waals surface area contributed by atoms with E-state index in [1.54, 1.807) is 6.07 Å². The smallest absolute Gasteiger partial charge is 0.216 e. The van der Waals surface area contributed by atoms with Crippen LogP contribution in [0.1, 0.15) is 51.2 Å². The van der Waals surface area contributed by atoms with Gasteiger partial charge in [-0.15, -0.1) is 10.2 Å². The van der Waals surface area contributed by atoms with Gasteiger partial charge in [0.1, 0.15) is 16.0 Å². The first-order chi connectivity index (χ1) is 9.84. The van der Waals surface area contributed by atoms with Crippen molar-refractivity contribution in [1.82, 2.24) is 24.8 Å². The third-order valence-electron chi connectivity index (χ3n) is 3.16. The minimum Gasteiger partial charge on any atom is -0.336 e. The van der Waals surface area contributed by atoms with Crippen LogP contribution in [0.3, 0.4) is 0 Å². The monoisotopic (exact) mass is 324 g/mol. The van der Waals surface area contributed by atoms with Crippen LogP contribution in [-0.2, 0) is 5.41 Å². The summed E-state index contributed by atoms with van der Waals surface area (Å²) in [4.78, 5) is 8.81. The molecule has 2 aromatic heterocycles. The van der Waals surface area contributed by atoms with Crippen molar-refractivity contribution in [3.8, 4) is 0 Å². The summed E-state index contributed by atoms with van der Waals surface area (Å²) in [6.45, 7) is 6.13. The standard InChI is InChI=1S/C13H17ClN6S/c1-13(2,3)11-18-19-12(20(11)15)21-9-6-8(14)16-10(17-9)7-4-5-7/h6-7H,4-5,15H2,1-3H3. The third kappa shape index (κ3) is 3.13. The van der Waals surface area contributed by atoms with E-state index in [4.69, 9.17) is 17.4 Å². The molecule has 6 nitrogen and oxygen atoms in total. The van der Waals surface area contributed by atoms with Gasteiger partial charge in [0.2, 0.25) is 5.16 Å². The van der Waals surface area contributed by atoms with E-state index >= 15 is 0 Å². The molecule has 1 saturated carbocycles. The molecule has 1 fully saturated rings. The number of hydrogen-bond donors (Lipinski definition) is 1. The van der Waals surface area contributed by atoms with E-state index in [9.17, 15) is 0 Å². The summed E-state index contributed by atoms with van der Waals surface area (Å²) in [7, 11) is 0. The SMILES string of the molecule is CC(C)(C)c1nnc(Sc2cc(Cl)nc(C3CC3)n2)n1N. The summed E-state index contributed by atoms with van der Waals surface area (Å²) in [6.07, 6.45) is 2.26. The van der Waals surface area contributed by atoms with E-state index in [0.29, 0.717) is 16.2 Å². The van der Waals surface area contributed by atoms with Gasteiger partial charge >= 0.3 is 0 Å². The maximum atomic E-state index is 6.08. The maximum Gasteiger partial charge on any atom is 0.216 e. The van der Waals surface area contributed by atoms with Crippen molar-refractivity contribution in [2.75, 3.05) is 5.84 Å². The summed E-state index contributed by atoms with van der Waals surface area (Å²) in [5, 5.41) is 10.1. The van der Waals surface area contributed by atoms with Crippen LogP contribution in [0, 0.1) is 0 Å². The van der Waals surface area contributed by atoms with E-state index in [0.717, 1.165) is 29.5 Å². The van der Waals surface area contributed by atoms with Gasteiger partial charge in [0.15, 0.2) is 5.82 Å². The largest absolute Gasteiger partial charge is 0.336 e. The van der Waals surface area contributed by atoms with Crippen LogP contribution in [0.5, 0.6) is 0 Å². The van der Waals surface area contributed by atoms with Crippen molar-refractivity contribution in [2.24, 2.45) is 0 Å².